The summed E-state index contributed by atoms with van der Waals surface area (Å²) in [4.78, 5) is 46.4. The molecule has 6 rings (SSSR count). The topological polar surface area (TPSA) is 70.2 Å². The number of ketones is 1. The van der Waals surface area contributed by atoms with Crippen LogP contribution in [0.3, 0.4) is 0 Å². The summed E-state index contributed by atoms with van der Waals surface area (Å²) in [5.41, 5.74) is 1.93. The maximum atomic E-state index is 14.2. The van der Waals surface area contributed by atoms with Gasteiger partial charge in [0.05, 0.1) is 25.1 Å². The summed E-state index contributed by atoms with van der Waals surface area (Å²) in [6.45, 7) is 4.42. The Morgan fingerprint density at radius 3 is 2.53 bits per heavy atom. The molecule has 7 heteroatoms. The number of hydrogen-bond acceptors (Lipinski definition) is 6. The summed E-state index contributed by atoms with van der Waals surface area (Å²) < 4.78 is 0. The molecule has 7 nitrogen and oxygen atoms in total. The minimum absolute atomic E-state index is 0.0420. The van der Waals surface area contributed by atoms with E-state index in [1.54, 1.807) is 5.06 Å². The van der Waals surface area contributed by atoms with Gasteiger partial charge in [-0.25, -0.2) is 10.0 Å². The molecule has 3 aromatic carbocycles. The monoisotopic (exact) mass is 483 g/mol. The largest absolute Gasteiger partial charge is 0.301 e. The van der Waals surface area contributed by atoms with E-state index < -0.39 is 23.5 Å². The molecule has 2 saturated heterocycles. The standard InChI is InChI=1S/C29H29N3O4/c1-29(2)16-25(33)31(30(29)17-19-11-8-10-18-9-4-5-12-20(18)19)28(35)23-15-24-27(34)22-14-7-6-13-21(22)26(23)32(24)36-3/h4-14,23-24,26H,15-17H2,1-3H3/t23-,24+,26+/m1/s1. The van der Waals surface area contributed by atoms with Crippen LogP contribution in [0.25, 0.3) is 10.8 Å². The van der Waals surface area contributed by atoms with Crippen molar-refractivity contribution in [2.24, 2.45) is 5.92 Å². The van der Waals surface area contributed by atoms with Crippen molar-refractivity contribution in [3.05, 3.63) is 83.4 Å². The average molecular weight is 484 g/mol. The molecule has 2 amide bonds. The van der Waals surface area contributed by atoms with Gasteiger partial charge < -0.3 is 4.84 Å². The molecule has 0 radical (unpaired) electrons. The molecular formula is C29H29N3O4. The van der Waals surface area contributed by atoms with E-state index >= 15 is 0 Å². The molecule has 0 N–H and O–H groups in total. The second kappa shape index (κ2) is 8.34. The number of Topliss-reactive ketones (excluding diaryl/α,β-unsaturated/α-hetero) is 1. The van der Waals surface area contributed by atoms with Gasteiger partial charge in [-0.1, -0.05) is 66.7 Å². The van der Waals surface area contributed by atoms with Gasteiger partial charge in [0.2, 0.25) is 11.8 Å². The third-order valence-electron chi connectivity index (χ3n) is 7.98. The molecular weight excluding hydrogens is 454 g/mol. The SMILES string of the molecule is CON1[C@H]2C[C@@H](C(=O)N3C(=O)CC(C)(C)N3Cc3cccc4ccccc34)[C@@H]1c1ccccc1C2=O. The van der Waals surface area contributed by atoms with E-state index in [2.05, 4.69) is 18.2 Å². The van der Waals surface area contributed by atoms with E-state index in [0.717, 1.165) is 21.9 Å². The lowest BCUT2D eigenvalue weighted by atomic mass is 9.90. The lowest BCUT2D eigenvalue weighted by molar-refractivity contribution is -0.178. The summed E-state index contributed by atoms with van der Waals surface area (Å²) >= 11 is 0. The second-order valence-electron chi connectivity index (χ2n) is 10.5. The van der Waals surface area contributed by atoms with Gasteiger partial charge in [-0.15, -0.1) is 0 Å². The van der Waals surface area contributed by atoms with Crippen LogP contribution < -0.4 is 0 Å². The number of carbonyl (C=O) groups excluding carboxylic acids is 3. The Morgan fingerprint density at radius 1 is 1.00 bits per heavy atom. The summed E-state index contributed by atoms with van der Waals surface area (Å²) in [5.74, 6) is -1.10. The fourth-order valence-electron chi connectivity index (χ4n) is 6.27. The van der Waals surface area contributed by atoms with Crippen molar-refractivity contribution in [2.75, 3.05) is 7.11 Å². The predicted octanol–water partition coefficient (Wildman–Crippen LogP) is 4.28. The molecule has 0 aliphatic carbocycles. The first-order chi connectivity index (χ1) is 17.3. The van der Waals surface area contributed by atoms with Crippen LogP contribution in [0.2, 0.25) is 0 Å². The van der Waals surface area contributed by atoms with E-state index in [1.807, 2.05) is 67.4 Å². The van der Waals surface area contributed by atoms with Gasteiger partial charge in [-0.3, -0.25) is 14.4 Å². The van der Waals surface area contributed by atoms with E-state index in [-0.39, 0.29) is 24.0 Å². The van der Waals surface area contributed by atoms with Crippen LogP contribution in [0, 0.1) is 5.92 Å². The highest BCUT2D eigenvalue weighted by molar-refractivity contribution is 6.05. The highest BCUT2D eigenvalue weighted by Crippen LogP contribution is 2.49. The summed E-state index contributed by atoms with van der Waals surface area (Å²) in [6.07, 6.45) is 0.561. The maximum Gasteiger partial charge on any atom is 0.249 e. The zero-order valence-corrected chi connectivity index (χ0v) is 20.7. The number of fused-ring (bicyclic) bond motifs is 5. The molecule has 0 aromatic heterocycles. The van der Waals surface area contributed by atoms with Crippen molar-refractivity contribution in [1.29, 1.82) is 0 Å². The molecule has 0 saturated carbocycles. The number of hydrogen-bond donors (Lipinski definition) is 0. The molecule has 36 heavy (non-hydrogen) atoms. The van der Waals surface area contributed by atoms with Crippen molar-refractivity contribution in [2.45, 2.75) is 50.9 Å². The number of rotatable bonds is 4. The van der Waals surface area contributed by atoms with Gasteiger partial charge in [0.1, 0.15) is 0 Å². The van der Waals surface area contributed by atoms with Crippen LogP contribution in [0.4, 0.5) is 0 Å². The van der Waals surface area contributed by atoms with Gasteiger partial charge in [0.25, 0.3) is 0 Å². The van der Waals surface area contributed by atoms with Crippen molar-refractivity contribution in [1.82, 2.24) is 15.1 Å². The van der Waals surface area contributed by atoms with E-state index in [0.29, 0.717) is 18.5 Å². The van der Waals surface area contributed by atoms with E-state index in [9.17, 15) is 14.4 Å². The fourth-order valence-corrected chi connectivity index (χ4v) is 6.27. The third kappa shape index (κ3) is 3.34. The number of amides is 2. The normalized spacial score (nSPS) is 25.5. The molecule has 3 heterocycles. The van der Waals surface area contributed by atoms with Crippen LogP contribution in [-0.2, 0) is 21.0 Å². The Kier molecular flexibility index (Phi) is 5.33. The molecule has 2 bridgehead atoms. The quantitative estimate of drug-likeness (QED) is 0.516. The number of hydroxylamine groups is 2. The fraction of sp³-hybridized carbons (Fsp3) is 0.345. The van der Waals surface area contributed by atoms with Gasteiger partial charge in [0.15, 0.2) is 5.78 Å². The first kappa shape index (κ1) is 23.0. The Bertz CT molecular complexity index is 1390. The number of hydrazine groups is 1. The third-order valence-corrected chi connectivity index (χ3v) is 7.98. The lowest BCUT2D eigenvalue weighted by Gasteiger charge is -2.38. The van der Waals surface area contributed by atoms with Crippen LogP contribution >= 0.6 is 0 Å². The van der Waals surface area contributed by atoms with Crippen molar-refractivity contribution in [3.8, 4) is 0 Å². The minimum Gasteiger partial charge on any atom is -0.301 e. The van der Waals surface area contributed by atoms with Gasteiger partial charge in [-0.2, -0.15) is 5.06 Å². The molecule has 3 aromatic rings. The van der Waals surface area contributed by atoms with E-state index in [1.165, 1.54) is 12.1 Å². The van der Waals surface area contributed by atoms with Crippen LogP contribution in [0.15, 0.2) is 66.7 Å². The summed E-state index contributed by atoms with van der Waals surface area (Å²) in [6, 6.07) is 20.7. The Labute approximate surface area is 210 Å². The van der Waals surface area contributed by atoms with Gasteiger partial charge in [-0.05, 0) is 42.2 Å². The maximum absolute atomic E-state index is 14.2. The van der Waals surface area contributed by atoms with Gasteiger partial charge >= 0.3 is 0 Å². The highest BCUT2D eigenvalue weighted by Gasteiger charge is 2.57. The lowest BCUT2D eigenvalue weighted by Crippen LogP contribution is -2.51. The van der Waals surface area contributed by atoms with Crippen molar-refractivity contribution < 1.29 is 19.2 Å². The summed E-state index contributed by atoms with van der Waals surface area (Å²) in [7, 11) is 1.53. The van der Waals surface area contributed by atoms with Crippen molar-refractivity contribution >= 4 is 28.4 Å². The predicted molar refractivity (Wildman–Crippen MR) is 134 cm³/mol. The first-order valence-corrected chi connectivity index (χ1v) is 12.4. The van der Waals surface area contributed by atoms with Crippen LogP contribution in [0.1, 0.15) is 54.2 Å². The zero-order valence-electron chi connectivity index (χ0n) is 20.7. The second-order valence-corrected chi connectivity index (χ2v) is 10.5. The Morgan fingerprint density at radius 2 is 1.72 bits per heavy atom. The number of imide groups is 1. The molecule has 3 aliphatic heterocycles. The highest BCUT2D eigenvalue weighted by atomic mass is 16.7. The van der Waals surface area contributed by atoms with Crippen molar-refractivity contribution in [3.63, 3.8) is 0 Å². The zero-order chi connectivity index (χ0) is 25.2. The summed E-state index contributed by atoms with van der Waals surface area (Å²) in [5, 5.41) is 7.13. The number of nitrogens with zero attached hydrogens (tertiary/aromatic N) is 3. The smallest absolute Gasteiger partial charge is 0.249 e. The molecule has 0 spiro atoms. The average Bonchev–Trinajstić information content (AvgIpc) is 3.32. The van der Waals surface area contributed by atoms with Gasteiger partial charge in [0, 0.05) is 24.1 Å². The first-order valence-electron chi connectivity index (χ1n) is 12.4. The molecule has 2 fully saturated rings. The molecule has 3 aliphatic rings. The molecule has 0 unspecified atom stereocenters. The minimum atomic E-state index is -0.574. The molecule has 184 valence electrons. The molecule has 3 atom stereocenters. The van der Waals surface area contributed by atoms with Crippen LogP contribution in [0.5, 0.6) is 0 Å². The Balaban J connectivity index is 1.38. The number of benzene rings is 3. The van der Waals surface area contributed by atoms with Crippen LogP contribution in [-0.4, -0.2) is 51.4 Å². The van der Waals surface area contributed by atoms with E-state index in [4.69, 9.17) is 4.84 Å². The number of carbonyl (C=O) groups is 3. The Hall–Kier alpha value is -3.39.